The molecule has 1 unspecified atom stereocenters. The second kappa shape index (κ2) is 2.71. The quantitative estimate of drug-likeness (QED) is 0.653. The van der Waals surface area contributed by atoms with Crippen LogP contribution in [0.5, 0.6) is 0 Å². The van der Waals surface area contributed by atoms with Gasteiger partial charge in [-0.15, -0.1) is 0 Å². The van der Waals surface area contributed by atoms with E-state index in [4.69, 9.17) is 0 Å². The topological polar surface area (TPSA) is 50.9 Å². The lowest BCUT2D eigenvalue weighted by Crippen LogP contribution is -1.93. The summed E-state index contributed by atoms with van der Waals surface area (Å²) in [7, 11) is 1.79. The number of hydrogen-bond acceptors (Lipinski definition) is 3. The summed E-state index contributed by atoms with van der Waals surface area (Å²) in [6.07, 6.45) is 5.00. The molecule has 0 fully saturated rings. The highest BCUT2D eigenvalue weighted by molar-refractivity contribution is 5.64. The number of aliphatic hydroxyl groups is 1. The Labute approximate surface area is 70.5 Å². The zero-order valence-electron chi connectivity index (χ0n) is 6.94. The summed E-state index contributed by atoms with van der Waals surface area (Å²) in [5.74, 6) is 0. The molecule has 1 N–H and O–H groups in total. The molecule has 0 aliphatic heterocycles. The molecule has 0 saturated carbocycles. The van der Waals surface area contributed by atoms with E-state index in [2.05, 4.69) is 10.2 Å². The molecule has 12 heavy (non-hydrogen) atoms. The van der Waals surface area contributed by atoms with E-state index in [0.29, 0.717) is 0 Å². The van der Waals surface area contributed by atoms with Crippen LogP contribution in [-0.4, -0.2) is 26.2 Å². The summed E-state index contributed by atoms with van der Waals surface area (Å²) in [5.41, 5.74) is 1.99. The first-order chi connectivity index (χ1) is 5.75. The normalized spacial score (nSPS) is 22.8. The third-order valence-electron chi connectivity index (χ3n) is 2.03. The third-order valence-corrected chi connectivity index (χ3v) is 2.03. The Hall–Kier alpha value is -1.16. The maximum absolute atomic E-state index is 9.24. The van der Waals surface area contributed by atoms with Crippen LogP contribution < -0.4 is 0 Å². The zero-order chi connectivity index (χ0) is 8.55. The Morgan fingerprint density at radius 3 is 3.00 bits per heavy atom. The van der Waals surface area contributed by atoms with Gasteiger partial charge in [-0.05, 0) is 18.4 Å². The van der Waals surface area contributed by atoms with E-state index < -0.39 is 0 Å². The largest absolute Gasteiger partial charge is 0.389 e. The van der Waals surface area contributed by atoms with Crippen molar-refractivity contribution < 1.29 is 5.11 Å². The number of aliphatic hydroxyl groups excluding tert-OH is 1. The molecule has 0 bridgehead atoms. The molecule has 0 radical (unpaired) electrons. The van der Waals surface area contributed by atoms with Crippen LogP contribution in [0.4, 0.5) is 0 Å². The van der Waals surface area contributed by atoms with Gasteiger partial charge in [0.15, 0.2) is 0 Å². The molecule has 1 aliphatic carbocycles. The van der Waals surface area contributed by atoms with Gasteiger partial charge in [0.05, 0.1) is 12.3 Å². The van der Waals surface area contributed by atoms with Crippen LogP contribution in [0.15, 0.2) is 12.3 Å². The SMILES string of the molecule is Cn1ncc(C2=CC(O)CC2)n1. The first-order valence-electron chi connectivity index (χ1n) is 4.01. The van der Waals surface area contributed by atoms with E-state index >= 15 is 0 Å². The van der Waals surface area contributed by atoms with Crippen LogP contribution in [0.25, 0.3) is 5.57 Å². The minimum absolute atomic E-state index is 0.290. The van der Waals surface area contributed by atoms with Crippen LogP contribution in [0, 0.1) is 0 Å². The van der Waals surface area contributed by atoms with Gasteiger partial charge in [-0.1, -0.05) is 6.08 Å². The smallest absolute Gasteiger partial charge is 0.108 e. The molecule has 4 heteroatoms. The summed E-state index contributed by atoms with van der Waals surface area (Å²) in [4.78, 5) is 1.53. The Balaban J connectivity index is 2.26. The van der Waals surface area contributed by atoms with Crippen molar-refractivity contribution in [1.29, 1.82) is 0 Å². The molecule has 1 aromatic heterocycles. The maximum atomic E-state index is 9.24. The van der Waals surface area contributed by atoms with Crippen LogP contribution in [0.3, 0.4) is 0 Å². The first-order valence-corrected chi connectivity index (χ1v) is 4.01. The zero-order valence-corrected chi connectivity index (χ0v) is 6.94. The lowest BCUT2D eigenvalue weighted by Gasteiger charge is -1.91. The molecule has 1 aliphatic rings. The Bertz CT molecular complexity index is 316. The molecule has 64 valence electrons. The first kappa shape index (κ1) is 7.49. The average Bonchev–Trinajstić information content (AvgIpc) is 2.58. The molecule has 4 nitrogen and oxygen atoms in total. The van der Waals surface area contributed by atoms with Gasteiger partial charge in [0.2, 0.25) is 0 Å². The molecule has 2 rings (SSSR count). The molecular weight excluding hydrogens is 154 g/mol. The maximum Gasteiger partial charge on any atom is 0.108 e. The molecule has 1 heterocycles. The van der Waals surface area contributed by atoms with Gasteiger partial charge in [0.1, 0.15) is 5.69 Å². The van der Waals surface area contributed by atoms with E-state index in [0.717, 1.165) is 24.1 Å². The number of aryl methyl sites for hydroxylation is 1. The number of hydrogen-bond donors (Lipinski definition) is 1. The predicted molar refractivity (Wildman–Crippen MR) is 44.2 cm³/mol. The van der Waals surface area contributed by atoms with Crippen molar-refractivity contribution in [2.24, 2.45) is 7.05 Å². The number of aromatic nitrogens is 3. The lowest BCUT2D eigenvalue weighted by molar-refractivity contribution is 0.223. The van der Waals surface area contributed by atoms with Gasteiger partial charge in [-0.3, -0.25) is 0 Å². The fraction of sp³-hybridized carbons (Fsp3) is 0.500. The van der Waals surface area contributed by atoms with Gasteiger partial charge in [0, 0.05) is 7.05 Å². The minimum Gasteiger partial charge on any atom is -0.389 e. The van der Waals surface area contributed by atoms with Gasteiger partial charge < -0.3 is 5.11 Å². The monoisotopic (exact) mass is 165 g/mol. The number of nitrogens with zero attached hydrogens (tertiary/aromatic N) is 3. The highest BCUT2D eigenvalue weighted by Gasteiger charge is 2.15. The second-order valence-electron chi connectivity index (χ2n) is 3.02. The standard InChI is InChI=1S/C8H11N3O/c1-11-9-5-8(10-11)6-2-3-7(12)4-6/h4-5,7,12H,2-3H2,1H3. The van der Waals surface area contributed by atoms with E-state index in [9.17, 15) is 5.11 Å². The number of allylic oxidation sites excluding steroid dienone is 1. The molecular formula is C8H11N3O. The highest BCUT2D eigenvalue weighted by atomic mass is 16.3. The van der Waals surface area contributed by atoms with Crippen LogP contribution in [0.1, 0.15) is 18.5 Å². The van der Waals surface area contributed by atoms with Crippen LogP contribution in [0.2, 0.25) is 0 Å². The van der Waals surface area contributed by atoms with E-state index in [-0.39, 0.29) is 6.10 Å². The second-order valence-corrected chi connectivity index (χ2v) is 3.02. The molecule has 1 atom stereocenters. The minimum atomic E-state index is -0.290. The average molecular weight is 165 g/mol. The van der Waals surface area contributed by atoms with Gasteiger partial charge in [-0.25, -0.2) is 0 Å². The molecule has 1 aromatic rings. The summed E-state index contributed by atoms with van der Waals surface area (Å²) >= 11 is 0. The fourth-order valence-corrected chi connectivity index (χ4v) is 1.41. The fourth-order valence-electron chi connectivity index (χ4n) is 1.41. The van der Waals surface area contributed by atoms with E-state index in [1.807, 2.05) is 6.08 Å². The molecule has 0 amide bonds. The van der Waals surface area contributed by atoms with Crippen molar-refractivity contribution >= 4 is 5.57 Å². The van der Waals surface area contributed by atoms with Crippen molar-refractivity contribution in [2.45, 2.75) is 18.9 Å². The highest BCUT2D eigenvalue weighted by Crippen LogP contribution is 2.25. The van der Waals surface area contributed by atoms with Crippen molar-refractivity contribution in [3.63, 3.8) is 0 Å². The van der Waals surface area contributed by atoms with Crippen molar-refractivity contribution in [3.05, 3.63) is 18.0 Å². The predicted octanol–water partition coefficient (Wildman–Crippen LogP) is 0.353. The van der Waals surface area contributed by atoms with Crippen LogP contribution in [-0.2, 0) is 7.05 Å². The van der Waals surface area contributed by atoms with E-state index in [1.54, 1.807) is 13.2 Å². The molecule has 0 aromatic carbocycles. The lowest BCUT2D eigenvalue weighted by atomic mass is 10.2. The van der Waals surface area contributed by atoms with Gasteiger partial charge >= 0.3 is 0 Å². The Morgan fingerprint density at radius 1 is 1.67 bits per heavy atom. The third kappa shape index (κ3) is 1.25. The summed E-state index contributed by atoms with van der Waals surface area (Å²) in [6.45, 7) is 0. The molecule has 0 saturated heterocycles. The summed E-state index contributed by atoms with van der Waals surface area (Å²) in [5, 5.41) is 17.4. The molecule has 0 spiro atoms. The van der Waals surface area contributed by atoms with Gasteiger partial charge in [-0.2, -0.15) is 15.0 Å². The summed E-state index contributed by atoms with van der Waals surface area (Å²) in [6, 6.07) is 0. The van der Waals surface area contributed by atoms with Crippen LogP contribution >= 0.6 is 0 Å². The van der Waals surface area contributed by atoms with E-state index in [1.165, 1.54) is 4.80 Å². The van der Waals surface area contributed by atoms with Crippen molar-refractivity contribution in [3.8, 4) is 0 Å². The van der Waals surface area contributed by atoms with Gasteiger partial charge in [0.25, 0.3) is 0 Å². The Morgan fingerprint density at radius 2 is 2.50 bits per heavy atom. The Kier molecular flexibility index (Phi) is 1.69. The number of rotatable bonds is 1. The van der Waals surface area contributed by atoms with Crippen molar-refractivity contribution in [2.75, 3.05) is 0 Å². The summed E-state index contributed by atoms with van der Waals surface area (Å²) < 4.78 is 0. The van der Waals surface area contributed by atoms with Crippen molar-refractivity contribution in [1.82, 2.24) is 15.0 Å².